The Hall–Kier alpha value is -1.56. The number of halogens is 2. The molecule has 0 saturated carbocycles. The van der Waals surface area contributed by atoms with Crippen molar-refractivity contribution in [3.63, 3.8) is 0 Å². The lowest BCUT2D eigenvalue weighted by molar-refractivity contribution is 0.0690. The zero-order chi connectivity index (χ0) is 18.8. The smallest absolute Gasteiger partial charge is 0.274 e. The molecule has 2 heterocycles. The van der Waals surface area contributed by atoms with Crippen LogP contribution in [0.4, 0.5) is 0 Å². The summed E-state index contributed by atoms with van der Waals surface area (Å²) in [6.07, 6.45) is 7.54. The van der Waals surface area contributed by atoms with Crippen molar-refractivity contribution >= 4 is 29.9 Å². The van der Waals surface area contributed by atoms with Gasteiger partial charge in [0.15, 0.2) is 5.69 Å². The van der Waals surface area contributed by atoms with Crippen molar-refractivity contribution in [1.82, 2.24) is 20.0 Å². The first kappa shape index (κ1) is 21.2. The number of benzene rings is 1. The average molecular weight is 423 g/mol. The molecule has 0 spiro atoms. The first-order chi connectivity index (χ1) is 13.2. The standard InChI is InChI=1S/C21H27ClN4O.ClH/c1-23-16-6-5-13-25(14-16)21(27)20-18-7-3-2-4-8-19(18)26(24-20)17-11-9-15(22)10-12-17;/h9-12,16,23H,2-8,13-14H2,1H3;1H. The molecule has 2 aliphatic rings. The highest BCUT2D eigenvalue weighted by atomic mass is 35.5. The fourth-order valence-electron chi connectivity index (χ4n) is 4.29. The molecule has 1 aliphatic heterocycles. The summed E-state index contributed by atoms with van der Waals surface area (Å²) < 4.78 is 1.98. The van der Waals surface area contributed by atoms with Gasteiger partial charge in [0.05, 0.1) is 5.69 Å². The van der Waals surface area contributed by atoms with Crippen molar-refractivity contribution < 1.29 is 4.79 Å². The van der Waals surface area contributed by atoms with Gasteiger partial charge in [-0.15, -0.1) is 12.4 Å². The Morgan fingerprint density at radius 2 is 1.89 bits per heavy atom. The number of piperidine rings is 1. The summed E-state index contributed by atoms with van der Waals surface area (Å²) in [5, 5.41) is 8.85. The van der Waals surface area contributed by atoms with Crippen LogP contribution in [0.2, 0.25) is 5.02 Å². The number of nitrogens with zero attached hydrogens (tertiary/aromatic N) is 3. The lowest BCUT2D eigenvalue weighted by atomic mass is 10.0. The molecular formula is C21H28Cl2N4O. The molecule has 1 amide bonds. The van der Waals surface area contributed by atoms with Crippen molar-refractivity contribution in [2.45, 2.75) is 51.0 Å². The Morgan fingerprint density at radius 3 is 2.64 bits per heavy atom. The van der Waals surface area contributed by atoms with Crippen LogP contribution in [0.5, 0.6) is 0 Å². The Morgan fingerprint density at radius 1 is 1.14 bits per heavy atom. The monoisotopic (exact) mass is 422 g/mol. The fraction of sp³-hybridized carbons (Fsp3) is 0.524. The van der Waals surface area contributed by atoms with Crippen molar-refractivity contribution in [1.29, 1.82) is 0 Å². The van der Waals surface area contributed by atoms with E-state index in [0.29, 0.717) is 16.8 Å². The molecule has 1 atom stereocenters. The fourth-order valence-corrected chi connectivity index (χ4v) is 4.42. The first-order valence-corrected chi connectivity index (χ1v) is 10.4. The molecule has 28 heavy (non-hydrogen) atoms. The molecule has 7 heteroatoms. The van der Waals surface area contributed by atoms with Gasteiger partial charge in [0.2, 0.25) is 0 Å². The van der Waals surface area contributed by atoms with Crippen LogP contribution in [0.25, 0.3) is 5.69 Å². The maximum Gasteiger partial charge on any atom is 0.274 e. The van der Waals surface area contributed by atoms with Crippen molar-refractivity contribution in [3.8, 4) is 5.69 Å². The molecule has 5 nitrogen and oxygen atoms in total. The normalized spacial score (nSPS) is 19.5. The first-order valence-electron chi connectivity index (χ1n) is 10.0. The number of likely N-dealkylation sites (N-methyl/N-ethyl adjacent to an activating group) is 1. The van der Waals surface area contributed by atoms with E-state index >= 15 is 0 Å². The molecule has 1 N–H and O–H groups in total. The lowest BCUT2D eigenvalue weighted by Crippen LogP contribution is -2.47. The van der Waals surface area contributed by atoms with E-state index in [-0.39, 0.29) is 18.3 Å². The van der Waals surface area contributed by atoms with Gasteiger partial charge >= 0.3 is 0 Å². The van der Waals surface area contributed by atoms with Crippen LogP contribution in [-0.2, 0) is 12.8 Å². The van der Waals surface area contributed by atoms with Crippen molar-refractivity contribution in [2.24, 2.45) is 0 Å². The second-order valence-electron chi connectivity index (χ2n) is 7.60. The van der Waals surface area contributed by atoms with E-state index in [1.54, 1.807) is 0 Å². The van der Waals surface area contributed by atoms with E-state index in [0.717, 1.165) is 62.9 Å². The number of nitrogens with one attached hydrogen (secondary N) is 1. The number of amides is 1. The summed E-state index contributed by atoms with van der Waals surface area (Å²) in [6.45, 7) is 1.58. The predicted molar refractivity (Wildman–Crippen MR) is 115 cm³/mol. The summed E-state index contributed by atoms with van der Waals surface area (Å²) in [4.78, 5) is 15.3. The maximum atomic E-state index is 13.3. The Labute approximate surface area is 177 Å². The Balaban J connectivity index is 0.00000225. The third-order valence-electron chi connectivity index (χ3n) is 5.82. The van der Waals surface area contributed by atoms with Crippen LogP contribution >= 0.6 is 24.0 Å². The van der Waals surface area contributed by atoms with E-state index in [2.05, 4.69) is 5.32 Å². The topological polar surface area (TPSA) is 50.2 Å². The summed E-state index contributed by atoms with van der Waals surface area (Å²) in [7, 11) is 1.97. The second-order valence-corrected chi connectivity index (χ2v) is 8.04. The van der Waals surface area contributed by atoms with Crippen molar-refractivity contribution in [3.05, 3.63) is 46.2 Å². The number of aromatic nitrogens is 2. The summed E-state index contributed by atoms with van der Waals surface area (Å²) in [6, 6.07) is 8.09. The van der Waals surface area contributed by atoms with Gasteiger partial charge < -0.3 is 10.2 Å². The van der Waals surface area contributed by atoms with E-state index in [4.69, 9.17) is 16.7 Å². The largest absolute Gasteiger partial charge is 0.336 e. The minimum Gasteiger partial charge on any atom is -0.336 e. The van der Waals surface area contributed by atoms with Crippen molar-refractivity contribution in [2.75, 3.05) is 20.1 Å². The van der Waals surface area contributed by atoms with Crippen LogP contribution in [0.15, 0.2) is 24.3 Å². The van der Waals surface area contributed by atoms with Gasteiger partial charge in [0, 0.05) is 35.4 Å². The van der Waals surface area contributed by atoms with E-state index in [1.807, 2.05) is 40.9 Å². The third-order valence-corrected chi connectivity index (χ3v) is 6.07. The van der Waals surface area contributed by atoms with Crippen LogP contribution < -0.4 is 5.32 Å². The van der Waals surface area contributed by atoms with Gasteiger partial charge in [0.1, 0.15) is 0 Å². The minimum absolute atomic E-state index is 0. The predicted octanol–water partition coefficient (Wildman–Crippen LogP) is 4.04. The van der Waals surface area contributed by atoms with Crippen LogP contribution in [0.3, 0.4) is 0 Å². The van der Waals surface area contributed by atoms with Gasteiger partial charge in [-0.05, 0) is 69.8 Å². The van der Waals surface area contributed by atoms with Crippen LogP contribution in [0, 0.1) is 0 Å². The molecule has 1 saturated heterocycles. The molecule has 4 rings (SSSR count). The number of likely N-dealkylation sites (tertiary alicyclic amines) is 1. The zero-order valence-corrected chi connectivity index (χ0v) is 17.9. The van der Waals surface area contributed by atoms with E-state index < -0.39 is 0 Å². The Bertz CT molecular complexity index is 819. The highest BCUT2D eigenvalue weighted by molar-refractivity contribution is 6.30. The van der Waals surface area contributed by atoms with Gasteiger partial charge in [-0.3, -0.25) is 4.79 Å². The molecule has 1 aromatic carbocycles. The molecule has 1 unspecified atom stereocenters. The number of hydrogen-bond acceptors (Lipinski definition) is 3. The molecule has 2 aromatic rings. The highest BCUT2D eigenvalue weighted by Crippen LogP contribution is 2.28. The quantitative estimate of drug-likeness (QED) is 0.759. The number of fused-ring (bicyclic) bond motifs is 1. The SMILES string of the molecule is CNC1CCCN(C(=O)c2nn(-c3ccc(Cl)cc3)c3c2CCCCC3)C1.Cl. The Kier molecular flexibility index (Phi) is 7.02. The van der Waals surface area contributed by atoms with Gasteiger partial charge in [-0.2, -0.15) is 5.10 Å². The third kappa shape index (κ3) is 4.22. The summed E-state index contributed by atoms with van der Waals surface area (Å²) in [5.74, 6) is 0.0841. The highest BCUT2D eigenvalue weighted by Gasteiger charge is 2.30. The maximum absolute atomic E-state index is 13.3. The van der Waals surface area contributed by atoms with Crippen LogP contribution in [0.1, 0.15) is 53.8 Å². The number of carbonyl (C=O) groups excluding carboxylic acids is 1. The van der Waals surface area contributed by atoms with E-state index in [1.165, 1.54) is 12.1 Å². The second kappa shape index (κ2) is 9.29. The zero-order valence-electron chi connectivity index (χ0n) is 16.3. The van der Waals surface area contributed by atoms with Gasteiger partial charge in [-0.1, -0.05) is 18.0 Å². The molecule has 152 valence electrons. The number of rotatable bonds is 3. The lowest BCUT2D eigenvalue weighted by Gasteiger charge is -2.32. The molecule has 0 bridgehead atoms. The molecule has 1 aromatic heterocycles. The van der Waals surface area contributed by atoms with Gasteiger partial charge in [0.25, 0.3) is 5.91 Å². The summed E-state index contributed by atoms with van der Waals surface area (Å²) in [5.41, 5.74) is 3.97. The summed E-state index contributed by atoms with van der Waals surface area (Å²) >= 11 is 6.06. The van der Waals surface area contributed by atoms with Crippen LogP contribution in [-0.4, -0.2) is 46.8 Å². The number of hydrogen-bond donors (Lipinski definition) is 1. The average Bonchev–Trinajstić information content (AvgIpc) is 2.89. The number of carbonyl (C=O) groups is 1. The molecular weight excluding hydrogens is 395 g/mol. The van der Waals surface area contributed by atoms with E-state index in [9.17, 15) is 4.79 Å². The molecule has 1 fully saturated rings. The van der Waals surface area contributed by atoms with Gasteiger partial charge in [-0.25, -0.2) is 4.68 Å². The molecule has 0 radical (unpaired) electrons. The molecule has 1 aliphatic carbocycles. The minimum atomic E-state index is 0.